The van der Waals surface area contributed by atoms with Crippen LogP contribution in [0.4, 0.5) is 0 Å². The Hall–Kier alpha value is -1.69. The summed E-state index contributed by atoms with van der Waals surface area (Å²) in [6.07, 6.45) is 4.76. The van der Waals surface area contributed by atoms with Crippen molar-refractivity contribution in [2.75, 3.05) is 13.6 Å². The molecule has 0 aliphatic carbocycles. The monoisotopic (exact) mass is 499 g/mol. The number of ether oxygens (including phenoxy) is 1. The molecular weight excluding hydrogens is 469 g/mol. The minimum Gasteiger partial charge on any atom is -1.00 e. The normalized spacial score (nSPS) is 21.1. The lowest BCUT2D eigenvalue weighted by molar-refractivity contribution is -0.938. The second-order valence-electron chi connectivity index (χ2n) is 8.29. The molecule has 1 aliphatic heterocycles. The number of likely N-dealkylation sites (N-methyl/N-ethyl adjacent to an activating group) is 1. The van der Waals surface area contributed by atoms with E-state index in [1.807, 2.05) is 0 Å². The van der Waals surface area contributed by atoms with E-state index in [0.29, 0.717) is 18.7 Å². The molecule has 0 bridgehead atoms. The predicted octanol–water partition coefficient (Wildman–Crippen LogP) is 2.90. The number of hydrogen-bond acceptors (Lipinski definition) is 1. The lowest BCUT2D eigenvalue weighted by Gasteiger charge is -2.41. The van der Waals surface area contributed by atoms with Crippen LogP contribution >= 0.6 is 0 Å². The average molecular weight is 499 g/mol. The van der Waals surface area contributed by atoms with Gasteiger partial charge < -0.3 is 33.2 Å². The number of halogens is 1. The minimum absolute atomic E-state index is 0. The smallest absolute Gasteiger partial charge is 0.132 e. The van der Waals surface area contributed by atoms with E-state index < -0.39 is 0 Å². The number of hydrogen-bond donors (Lipinski definition) is 0. The van der Waals surface area contributed by atoms with Gasteiger partial charge in [0.1, 0.15) is 24.7 Å². The van der Waals surface area contributed by atoms with Crippen LogP contribution in [0.3, 0.4) is 0 Å². The molecule has 0 unspecified atom stereocenters. The molecule has 0 spiro atoms. The zero-order valence-corrected chi connectivity index (χ0v) is 19.6. The molecule has 4 rings (SSSR count). The number of benzene rings is 3. The van der Waals surface area contributed by atoms with Crippen LogP contribution in [0.15, 0.2) is 84.9 Å². The summed E-state index contributed by atoms with van der Waals surface area (Å²) in [5.74, 6) is 0. The van der Waals surface area contributed by atoms with Gasteiger partial charge in [0.05, 0.1) is 13.7 Å². The van der Waals surface area contributed by atoms with E-state index in [9.17, 15) is 0 Å². The molecule has 3 aromatic rings. The first kappa shape index (κ1) is 22.0. The van der Waals surface area contributed by atoms with Crippen molar-refractivity contribution in [2.45, 2.75) is 38.6 Å². The third-order valence-electron chi connectivity index (χ3n) is 6.52. The minimum atomic E-state index is 0. The highest BCUT2D eigenvalue weighted by Gasteiger charge is 2.39. The molecular formula is C26H30INO. The van der Waals surface area contributed by atoms with Crippen LogP contribution in [0.5, 0.6) is 0 Å². The van der Waals surface area contributed by atoms with Gasteiger partial charge in [0, 0.05) is 0 Å². The second kappa shape index (κ2) is 9.41. The summed E-state index contributed by atoms with van der Waals surface area (Å²) in [5.41, 5.74) is 2.48. The van der Waals surface area contributed by atoms with Gasteiger partial charge in [0.25, 0.3) is 0 Å². The van der Waals surface area contributed by atoms with Crippen molar-refractivity contribution in [3.05, 3.63) is 96.1 Å². The van der Waals surface area contributed by atoms with Gasteiger partial charge in [-0.05, 0) is 54.0 Å². The number of rotatable bonds is 6. The first-order valence-electron chi connectivity index (χ1n) is 10.2. The lowest BCUT2D eigenvalue weighted by atomic mass is 10.1. The standard InChI is InChI=1S/C26H30NO.HI/c1-20-13-14-21(2)27(20,3)18-26(24-10-5-4-6-11-24)28-19-22-15-16-23-9-7-8-12-25(23)17-22;/h4-17,20-21,26H,18-19H2,1-3H3;1H/q+1;/p-1/t20-,21-,26-;/m1./s1. The van der Waals surface area contributed by atoms with Crippen LogP contribution in [0, 0.1) is 0 Å². The molecule has 3 atom stereocenters. The number of fused-ring (bicyclic) bond motifs is 1. The van der Waals surface area contributed by atoms with Crippen LogP contribution in [0.2, 0.25) is 0 Å². The molecule has 0 fully saturated rings. The van der Waals surface area contributed by atoms with Gasteiger partial charge in [0.15, 0.2) is 0 Å². The van der Waals surface area contributed by atoms with Crippen LogP contribution in [-0.2, 0) is 11.3 Å². The Kier molecular flexibility index (Phi) is 7.14. The Morgan fingerprint density at radius 3 is 2.14 bits per heavy atom. The van der Waals surface area contributed by atoms with Crippen molar-refractivity contribution in [3.8, 4) is 0 Å². The number of nitrogens with zero attached hydrogens (tertiary/aromatic N) is 1. The van der Waals surface area contributed by atoms with Gasteiger partial charge in [-0.1, -0.05) is 66.7 Å². The zero-order valence-electron chi connectivity index (χ0n) is 17.5. The first-order valence-corrected chi connectivity index (χ1v) is 10.2. The summed E-state index contributed by atoms with van der Waals surface area (Å²) < 4.78 is 7.53. The topological polar surface area (TPSA) is 9.23 Å². The fourth-order valence-electron chi connectivity index (χ4n) is 4.22. The van der Waals surface area contributed by atoms with Crippen molar-refractivity contribution in [2.24, 2.45) is 0 Å². The summed E-state index contributed by atoms with van der Waals surface area (Å²) in [6, 6.07) is 26.8. The van der Waals surface area contributed by atoms with Gasteiger partial charge in [0.2, 0.25) is 0 Å². The fraction of sp³-hybridized carbons (Fsp3) is 0.308. The highest BCUT2D eigenvalue weighted by molar-refractivity contribution is 5.82. The van der Waals surface area contributed by atoms with Crippen molar-refractivity contribution in [1.29, 1.82) is 0 Å². The molecule has 0 radical (unpaired) electrons. The zero-order chi connectivity index (χ0) is 19.6. The van der Waals surface area contributed by atoms with Crippen molar-refractivity contribution < 1.29 is 33.2 Å². The molecule has 1 aliphatic rings. The van der Waals surface area contributed by atoms with Crippen molar-refractivity contribution in [1.82, 2.24) is 0 Å². The van der Waals surface area contributed by atoms with Crippen LogP contribution in [0.25, 0.3) is 10.8 Å². The maximum Gasteiger partial charge on any atom is 0.132 e. The molecule has 3 heteroatoms. The van der Waals surface area contributed by atoms with E-state index in [0.717, 1.165) is 11.0 Å². The SMILES string of the molecule is C[C@@H]1C=C[C@@H](C)[N+]1(C)C[C@@H](OCc1ccc2ccccc2c1)c1ccccc1.[I-]. The van der Waals surface area contributed by atoms with E-state index in [2.05, 4.69) is 106 Å². The summed E-state index contributed by atoms with van der Waals surface area (Å²) >= 11 is 0. The fourth-order valence-corrected chi connectivity index (χ4v) is 4.22. The maximum atomic E-state index is 6.54. The van der Waals surface area contributed by atoms with Gasteiger partial charge in [-0.25, -0.2) is 0 Å². The van der Waals surface area contributed by atoms with Crippen LogP contribution in [-0.4, -0.2) is 30.2 Å². The summed E-state index contributed by atoms with van der Waals surface area (Å²) in [4.78, 5) is 0. The molecule has 0 aromatic heterocycles. The maximum absolute atomic E-state index is 6.54. The lowest BCUT2D eigenvalue weighted by Crippen LogP contribution is -3.00. The highest BCUT2D eigenvalue weighted by atomic mass is 127. The van der Waals surface area contributed by atoms with E-state index >= 15 is 0 Å². The molecule has 1 heterocycles. The second-order valence-corrected chi connectivity index (χ2v) is 8.29. The van der Waals surface area contributed by atoms with Gasteiger partial charge in [-0.15, -0.1) is 0 Å². The van der Waals surface area contributed by atoms with Crippen molar-refractivity contribution >= 4 is 10.8 Å². The van der Waals surface area contributed by atoms with Gasteiger partial charge in [-0.2, -0.15) is 0 Å². The predicted molar refractivity (Wildman–Crippen MR) is 117 cm³/mol. The molecule has 0 saturated heterocycles. The third kappa shape index (κ3) is 4.73. The Bertz CT molecular complexity index is 957. The third-order valence-corrected chi connectivity index (χ3v) is 6.52. The van der Waals surface area contributed by atoms with Gasteiger partial charge in [-0.3, -0.25) is 0 Å². The largest absolute Gasteiger partial charge is 1.00 e. The molecule has 0 amide bonds. The Morgan fingerprint density at radius 1 is 0.828 bits per heavy atom. The molecule has 0 N–H and O–H groups in total. The molecule has 3 aromatic carbocycles. The molecule has 29 heavy (non-hydrogen) atoms. The molecule has 2 nitrogen and oxygen atoms in total. The van der Waals surface area contributed by atoms with Crippen molar-refractivity contribution in [3.63, 3.8) is 0 Å². The molecule has 152 valence electrons. The summed E-state index contributed by atoms with van der Waals surface area (Å²) in [6.45, 7) is 6.21. The Labute approximate surface area is 191 Å². The van der Waals surface area contributed by atoms with Gasteiger partial charge >= 0.3 is 0 Å². The first-order chi connectivity index (χ1) is 13.6. The Morgan fingerprint density at radius 2 is 1.45 bits per heavy atom. The molecule has 0 saturated carbocycles. The quantitative estimate of drug-likeness (QED) is 0.288. The highest BCUT2D eigenvalue weighted by Crippen LogP contribution is 2.31. The summed E-state index contributed by atoms with van der Waals surface area (Å²) in [7, 11) is 2.35. The van der Waals surface area contributed by atoms with E-state index in [1.165, 1.54) is 21.9 Å². The number of quaternary nitrogens is 1. The van der Waals surface area contributed by atoms with E-state index in [4.69, 9.17) is 4.74 Å². The van der Waals surface area contributed by atoms with E-state index in [1.54, 1.807) is 0 Å². The van der Waals surface area contributed by atoms with Crippen LogP contribution < -0.4 is 24.0 Å². The van der Waals surface area contributed by atoms with E-state index in [-0.39, 0.29) is 30.1 Å². The average Bonchev–Trinajstić information content (AvgIpc) is 2.99. The Balaban J connectivity index is 0.00000240. The summed E-state index contributed by atoms with van der Waals surface area (Å²) in [5, 5.41) is 2.54. The van der Waals surface area contributed by atoms with Crippen LogP contribution in [0.1, 0.15) is 31.1 Å².